The summed E-state index contributed by atoms with van der Waals surface area (Å²) in [6.45, 7) is 3.27. The van der Waals surface area contributed by atoms with E-state index in [1.54, 1.807) is 36.4 Å². The summed E-state index contributed by atoms with van der Waals surface area (Å²) in [6, 6.07) is 17.1. The minimum Gasteiger partial charge on any atom is -0.494 e. The number of nitro benzene ring substituents is 1. The number of sulfonamides is 1. The van der Waals surface area contributed by atoms with Crippen LogP contribution < -0.4 is 14.4 Å². The van der Waals surface area contributed by atoms with Gasteiger partial charge in [0.2, 0.25) is 5.91 Å². The fourth-order valence-electron chi connectivity index (χ4n) is 3.34. The summed E-state index contributed by atoms with van der Waals surface area (Å²) in [7, 11) is -4.11. The number of hydrogen-bond acceptors (Lipinski definition) is 7. The molecule has 11 heteroatoms. The summed E-state index contributed by atoms with van der Waals surface area (Å²) in [5, 5.41) is 13.8. The summed E-state index contributed by atoms with van der Waals surface area (Å²) < 4.78 is 33.6. The van der Waals surface area contributed by atoms with Gasteiger partial charge in [0.05, 0.1) is 33.4 Å². The molecule has 0 bridgehead atoms. The van der Waals surface area contributed by atoms with Gasteiger partial charge in [-0.1, -0.05) is 6.07 Å². The summed E-state index contributed by atoms with van der Waals surface area (Å²) in [5.41, 5.74) is 0.632. The number of carbonyl (C=O) groups is 1. The maximum atomic E-state index is 13.6. The zero-order chi connectivity index (χ0) is 25.6. The number of thioether (sulfide) groups is 1. The van der Waals surface area contributed by atoms with Crippen LogP contribution in [0.25, 0.3) is 0 Å². The van der Waals surface area contributed by atoms with Crippen LogP contribution in [0, 0.1) is 17.0 Å². The van der Waals surface area contributed by atoms with E-state index >= 15 is 0 Å². The normalized spacial score (nSPS) is 11.1. The van der Waals surface area contributed by atoms with E-state index in [-0.39, 0.29) is 27.5 Å². The highest BCUT2D eigenvalue weighted by atomic mass is 32.2. The number of benzene rings is 3. The number of amides is 1. The lowest BCUT2D eigenvalue weighted by Gasteiger charge is -2.24. The number of hydrogen-bond donors (Lipinski definition) is 1. The van der Waals surface area contributed by atoms with E-state index in [0.29, 0.717) is 12.4 Å². The molecule has 1 N–H and O–H groups in total. The molecular weight excluding hydrogens is 490 g/mol. The Bertz CT molecular complexity index is 1310. The molecule has 0 saturated heterocycles. The van der Waals surface area contributed by atoms with Gasteiger partial charge in [0.25, 0.3) is 15.7 Å². The molecule has 0 radical (unpaired) electrons. The van der Waals surface area contributed by atoms with Crippen LogP contribution >= 0.6 is 11.8 Å². The van der Waals surface area contributed by atoms with Crippen LogP contribution in [0.3, 0.4) is 0 Å². The maximum Gasteiger partial charge on any atom is 0.274 e. The Morgan fingerprint density at radius 3 is 2.31 bits per heavy atom. The van der Waals surface area contributed by atoms with E-state index in [1.807, 2.05) is 13.2 Å². The highest BCUT2D eigenvalue weighted by molar-refractivity contribution is 7.98. The molecule has 3 aromatic carbocycles. The smallest absolute Gasteiger partial charge is 0.274 e. The Labute approximate surface area is 208 Å². The van der Waals surface area contributed by atoms with Gasteiger partial charge in [-0.05, 0) is 74.7 Å². The minimum absolute atomic E-state index is 0.0310. The first-order chi connectivity index (χ1) is 16.7. The maximum absolute atomic E-state index is 13.6. The van der Waals surface area contributed by atoms with E-state index in [2.05, 4.69) is 5.32 Å². The average Bonchev–Trinajstić information content (AvgIpc) is 2.84. The molecule has 1 amide bonds. The highest BCUT2D eigenvalue weighted by Gasteiger charge is 2.28. The quantitative estimate of drug-likeness (QED) is 0.233. The first-order valence-electron chi connectivity index (χ1n) is 10.6. The molecule has 0 saturated carbocycles. The van der Waals surface area contributed by atoms with Gasteiger partial charge in [0.15, 0.2) is 0 Å². The molecule has 0 spiro atoms. The lowest BCUT2D eigenvalue weighted by molar-refractivity contribution is -0.385. The van der Waals surface area contributed by atoms with Crippen LogP contribution in [0.5, 0.6) is 5.75 Å². The van der Waals surface area contributed by atoms with E-state index in [0.717, 1.165) is 9.20 Å². The Morgan fingerprint density at radius 1 is 1.09 bits per heavy atom. The molecule has 0 atom stereocenters. The standard InChI is InChI=1S/C24H25N3O6S2/c1-4-33-19-10-8-18(9-11-19)26(35(31,32)21-14-12-20(34-3)13-15-21)16-24(28)25-22-6-5-7-23(17(22)2)27(29)30/h5-15H,4,16H2,1-3H3,(H,25,28). The van der Waals surface area contributed by atoms with Crippen LogP contribution in [0.4, 0.5) is 17.1 Å². The number of nitrogens with zero attached hydrogens (tertiary/aromatic N) is 2. The SMILES string of the molecule is CCOc1ccc(N(CC(=O)Nc2cccc([N+](=O)[O-])c2C)S(=O)(=O)c2ccc(SC)cc2)cc1. The molecule has 184 valence electrons. The van der Waals surface area contributed by atoms with Crippen LogP contribution in [-0.4, -0.2) is 38.7 Å². The third-order valence-corrected chi connectivity index (χ3v) is 7.68. The number of nitrogens with one attached hydrogen (secondary N) is 1. The van der Waals surface area contributed by atoms with Crippen LogP contribution in [0.2, 0.25) is 0 Å². The fourth-order valence-corrected chi connectivity index (χ4v) is 5.17. The molecule has 9 nitrogen and oxygen atoms in total. The molecule has 0 fully saturated rings. The van der Waals surface area contributed by atoms with Gasteiger partial charge in [-0.3, -0.25) is 19.2 Å². The predicted octanol–water partition coefficient (Wildman–Crippen LogP) is 4.86. The zero-order valence-corrected chi connectivity index (χ0v) is 21.1. The number of anilines is 2. The second-order valence-electron chi connectivity index (χ2n) is 7.37. The molecule has 35 heavy (non-hydrogen) atoms. The van der Waals surface area contributed by atoms with Crippen molar-refractivity contribution in [3.8, 4) is 5.75 Å². The van der Waals surface area contributed by atoms with Crippen molar-refractivity contribution in [1.82, 2.24) is 0 Å². The summed E-state index contributed by atoms with van der Waals surface area (Å²) in [6.07, 6.45) is 1.88. The van der Waals surface area contributed by atoms with Crippen molar-refractivity contribution in [2.24, 2.45) is 0 Å². The van der Waals surface area contributed by atoms with Crippen molar-refractivity contribution in [2.45, 2.75) is 23.6 Å². The van der Waals surface area contributed by atoms with E-state index in [9.17, 15) is 23.3 Å². The van der Waals surface area contributed by atoms with Crippen LogP contribution in [-0.2, 0) is 14.8 Å². The van der Waals surface area contributed by atoms with E-state index < -0.39 is 27.4 Å². The fraction of sp³-hybridized carbons (Fsp3) is 0.208. The topological polar surface area (TPSA) is 119 Å². The molecule has 0 aliphatic heterocycles. The van der Waals surface area contributed by atoms with Gasteiger partial charge in [-0.15, -0.1) is 11.8 Å². The highest BCUT2D eigenvalue weighted by Crippen LogP contribution is 2.28. The zero-order valence-electron chi connectivity index (χ0n) is 19.4. The van der Waals surface area contributed by atoms with Crippen molar-refractivity contribution in [1.29, 1.82) is 0 Å². The monoisotopic (exact) mass is 515 g/mol. The van der Waals surface area contributed by atoms with E-state index in [4.69, 9.17) is 4.74 Å². The summed E-state index contributed by atoms with van der Waals surface area (Å²) in [5.74, 6) is -0.0821. The van der Waals surface area contributed by atoms with Gasteiger partial charge in [-0.25, -0.2) is 8.42 Å². The second-order valence-corrected chi connectivity index (χ2v) is 10.1. The van der Waals surface area contributed by atoms with Crippen molar-refractivity contribution < 1.29 is 22.9 Å². The average molecular weight is 516 g/mol. The van der Waals surface area contributed by atoms with Crippen molar-refractivity contribution in [3.63, 3.8) is 0 Å². The summed E-state index contributed by atoms with van der Waals surface area (Å²) in [4.78, 5) is 24.6. The molecule has 3 aromatic rings. The first-order valence-corrected chi connectivity index (χ1v) is 13.3. The Hall–Kier alpha value is -3.57. The number of carbonyl (C=O) groups excluding carboxylic acids is 1. The largest absolute Gasteiger partial charge is 0.494 e. The van der Waals surface area contributed by atoms with Crippen molar-refractivity contribution in [2.75, 3.05) is 29.0 Å². The molecule has 0 aromatic heterocycles. The first kappa shape index (κ1) is 26.0. The predicted molar refractivity (Wildman–Crippen MR) is 137 cm³/mol. The lowest BCUT2D eigenvalue weighted by Crippen LogP contribution is -2.38. The Morgan fingerprint density at radius 2 is 1.74 bits per heavy atom. The molecular formula is C24H25N3O6S2. The van der Waals surface area contributed by atoms with Gasteiger partial charge in [0.1, 0.15) is 12.3 Å². The third-order valence-electron chi connectivity index (χ3n) is 5.15. The molecule has 0 aliphatic carbocycles. The molecule has 0 aliphatic rings. The summed E-state index contributed by atoms with van der Waals surface area (Å²) >= 11 is 1.48. The second kappa shape index (κ2) is 11.2. The molecule has 0 unspecified atom stereocenters. The number of ether oxygens (including phenoxy) is 1. The van der Waals surface area contributed by atoms with Gasteiger partial charge in [-0.2, -0.15) is 0 Å². The van der Waals surface area contributed by atoms with Gasteiger partial charge >= 0.3 is 0 Å². The third kappa shape index (κ3) is 6.11. The molecule has 3 rings (SSSR count). The van der Waals surface area contributed by atoms with Crippen molar-refractivity contribution in [3.05, 3.63) is 82.4 Å². The number of rotatable bonds is 10. The van der Waals surface area contributed by atoms with Crippen molar-refractivity contribution >= 4 is 44.8 Å². The van der Waals surface area contributed by atoms with Crippen LogP contribution in [0.15, 0.2) is 76.5 Å². The van der Waals surface area contributed by atoms with Gasteiger partial charge in [0, 0.05) is 11.0 Å². The Balaban J connectivity index is 1.96. The minimum atomic E-state index is -4.11. The van der Waals surface area contributed by atoms with Crippen LogP contribution in [0.1, 0.15) is 12.5 Å². The van der Waals surface area contributed by atoms with E-state index in [1.165, 1.54) is 49.0 Å². The number of nitro groups is 1. The molecule has 0 heterocycles. The Kier molecular flexibility index (Phi) is 8.36. The van der Waals surface area contributed by atoms with Gasteiger partial charge < -0.3 is 10.1 Å². The lowest BCUT2D eigenvalue weighted by atomic mass is 10.1.